The number of hydrogen-bond donors (Lipinski definition) is 2. The van der Waals surface area contributed by atoms with Gasteiger partial charge in [-0.05, 0) is 147 Å². The second-order valence-electron chi connectivity index (χ2n) is 34.0. The predicted molar refractivity (Wildman–Crippen MR) is 393 cm³/mol. The van der Waals surface area contributed by atoms with Crippen molar-refractivity contribution in [3.8, 4) is 0 Å². The SMILES string of the molecule is C.C=CC[C@@H]1O[C@H]2[C@H]3O[C@]4(CC[C@H]5CC(=C)C(CC[C@H]6C[C@@H](C)C(=C)[C@@H](CC7O[C@H](C[C@H](C)CC)[C@H](C)[C@H]7CC)O6)O5)C[C@H]3O[C@H]2[C@@H](O4)C1C.C=CC[C@@H]1O[C@H]2[C@H]3O[C@]4(CC[C@H]5CC(=C)C(CC[C@H]6C[C@@H](C)C(=C)[C@@H](CC7O[C@H](C[C@H](O)CO)[C@H](C)[C@H]7CC)O6)O5)C[C@H]3O[C@H]2[C@@H](O4)C1C.O=C=O.O=C=O. The van der Waals surface area contributed by atoms with Gasteiger partial charge in [-0.2, -0.15) is 19.2 Å². The van der Waals surface area contributed by atoms with Crippen LogP contribution in [0.25, 0.3) is 0 Å². The Balaban J connectivity index is 0.000000208. The Kier molecular flexibility index (Phi) is 29.5. The quantitative estimate of drug-likeness (QED) is 0.0692. The summed E-state index contributed by atoms with van der Waals surface area (Å²) in [5, 5.41) is 19.5. The van der Waals surface area contributed by atoms with Gasteiger partial charge < -0.3 is 76.5 Å². The van der Waals surface area contributed by atoms with E-state index in [-0.39, 0.29) is 179 Å². The Bertz CT molecular complexity index is 2790. The molecule has 6 unspecified atom stereocenters. The molecule has 0 aromatic carbocycles. The molecule has 12 bridgehead atoms. The zero-order valence-electron chi connectivity index (χ0n) is 64.2. The second-order valence-corrected chi connectivity index (χ2v) is 34.0. The molecule has 0 saturated carbocycles. The summed E-state index contributed by atoms with van der Waals surface area (Å²) in [6.45, 7) is 48.4. The molecule has 16 fully saturated rings. The van der Waals surface area contributed by atoms with E-state index < -0.39 is 17.7 Å². The molecular formula is C85H132O20. The fourth-order valence-electron chi connectivity index (χ4n) is 21.1. The molecule has 20 nitrogen and oxygen atoms in total. The summed E-state index contributed by atoms with van der Waals surface area (Å²) < 4.78 is 93.4. The summed E-state index contributed by atoms with van der Waals surface area (Å²) in [6.07, 6.45) is 25.4. The van der Waals surface area contributed by atoms with E-state index in [1.807, 2.05) is 12.2 Å². The first kappa shape index (κ1) is 84.0. The monoisotopic (exact) mass is 1470 g/mol. The van der Waals surface area contributed by atoms with Crippen molar-refractivity contribution in [3.05, 3.63) is 73.9 Å². The highest BCUT2D eigenvalue weighted by Gasteiger charge is 2.69. The molecule has 36 atom stereocenters. The Labute approximate surface area is 627 Å². The van der Waals surface area contributed by atoms with Gasteiger partial charge in [0.15, 0.2) is 11.6 Å². The number of hydrogen-bond acceptors (Lipinski definition) is 20. The summed E-state index contributed by atoms with van der Waals surface area (Å²) in [4.78, 5) is 32.5. The molecule has 592 valence electrons. The van der Waals surface area contributed by atoms with Gasteiger partial charge in [0.2, 0.25) is 0 Å². The van der Waals surface area contributed by atoms with Gasteiger partial charge in [0, 0.05) is 56.8 Å². The van der Waals surface area contributed by atoms with Crippen LogP contribution >= 0.6 is 0 Å². The van der Waals surface area contributed by atoms with Crippen molar-refractivity contribution in [3.63, 3.8) is 0 Å². The fourth-order valence-corrected chi connectivity index (χ4v) is 21.1. The van der Waals surface area contributed by atoms with Crippen molar-refractivity contribution in [2.45, 2.75) is 389 Å². The summed E-state index contributed by atoms with van der Waals surface area (Å²) in [5.74, 6) is 2.56. The Morgan fingerprint density at radius 2 is 0.857 bits per heavy atom. The molecule has 0 spiro atoms. The molecule has 0 aromatic rings. The van der Waals surface area contributed by atoms with E-state index in [0.717, 1.165) is 140 Å². The third kappa shape index (κ3) is 18.4. The third-order valence-corrected chi connectivity index (χ3v) is 27.3. The Morgan fingerprint density at radius 1 is 0.476 bits per heavy atom. The number of aliphatic hydroxyl groups is 2. The number of ether oxygens (including phenoxy) is 14. The van der Waals surface area contributed by atoms with Crippen LogP contribution < -0.4 is 0 Å². The van der Waals surface area contributed by atoms with E-state index in [4.69, 9.17) is 85.5 Å². The lowest BCUT2D eigenvalue weighted by Crippen LogP contribution is -2.54. The molecular weight excluding hydrogens is 1340 g/mol. The first-order chi connectivity index (χ1) is 49.9. The standard InChI is InChI=1S/C42H66O7.C40H62O9.2CO2.CH4/c1-10-13-33-28(9)38-40-41(46-33)39-37(47-40)22-42(48-38,49-39)17-16-30-20-25(6)32(43-30)15-14-29-19-24(5)26(7)35(44-29)21-36-31(12-3)27(8)34(45-36)18-23(4)11-2;1-8-10-31-25(7)36-38-39(46-31)37-35(47-38)19-40(48-36,49-37)14-13-28-16-22(4)30(43-28)12-11-27-15-21(3)23(5)33(44-27)18-34-29(9-2)24(6)32(45-34)17-26(42)20-41;2*2-1-3;/h10,23-24,27-41H,1,6-7,11-22H2,2-5,8-9H3;8,21,24-39,41-42H,1,4-5,9-20H2,2-3,6-7H3;;;1H4/t23-,24-,27-,28?,29+,30+,31-,32?,33+,34-,35-,36?,37-,38+,39+,40+,41+,42-;21-,24-,25?,26+,27+,28+,29-,30?,31+,32-,33-,34?,35-,36+,37+,38+,39+,40-;;;/m11.../s1. The van der Waals surface area contributed by atoms with Gasteiger partial charge in [-0.25, -0.2) is 0 Å². The zero-order valence-corrected chi connectivity index (χ0v) is 64.2. The number of aliphatic hydroxyl groups excluding tert-OH is 2. The maximum absolute atomic E-state index is 10.1. The van der Waals surface area contributed by atoms with Crippen LogP contribution in [-0.2, 0) is 85.5 Å². The zero-order chi connectivity index (χ0) is 74.6. The number of rotatable bonds is 28. The highest BCUT2D eigenvalue weighted by Crippen LogP contribution is 2.57. The predicted octanol–water partition coefficient (Wildman–Crippen LogP) is 13.8. The van der Waals surface area contributed by atoms with Crippen LogP contribution in [0.1, 0.15) is 224 Å². The van der Waals surface area contributed by atoms with Gasteiger partial charge in [-0.15, -0.1) is 13.2 Å². The van der Waals surface area contributed by atoms with Crippen LogP contribution in [0, 0.1) is 53.3 Å². The summed E-state index contributed by atoms with van der Waals surface area (Å²) >= 11 is 0. The smallest absolute Gasteiger partial charge is 0.373 e. The highest BCUT2D eigenvalue weighted by atomic mass is 16.8. The van der Waals surface area contributed by atoms with Crippen molar-refractivity contribution >= 4 is 12.3 Å². The van der Waals surface area contributed by atoms with Crippen LogP contribution in [0.5, 0.6) is 0 Å². The van der Waals surface area contributed by atoms with Crippen molar-refractivity contribution in [1.29, 1.82) is 0 Å². The molecule has 20 heteroatoms. The third-order valence-electron chi connectivity index (χ3n) is 27.3. The lowest BCUT2D eigenvalue weighted by atomic mass is 9.80. The number of carbonyl (C=O) groups excluding carboxylic acids is 4. The summed E-state index contributed by atoms with van der Waals surface area (Å²) in [5.41, 5.74) is 4.78. The Hall–Kier alpha value is -3.44. The molecule has 16 saturated heterocycles. The van der Waals surface area contributed by atoms with Crippen LogP contribution in [0.3, 0.4) is 0 Å². The van der Waals surface area contributed by atoms with Crippen molar-refractivity contribution in [1.82, 2.24) is 0 Å². The molecule has 0 aliphatic carbocycles. The van der Waals surface area contributed by atoms with Gasteiger partial charge in [0.25, 0.3) is 0 Å². The summed E-state index contributed by atoms with van der Waals surface area (Å²) in [7, 11) is 0. The highest BCUT2D eigenvalue weighted by molar-refractivity contribution is 5.21. The summed E-state index contributed by atoms with van der Waals surface area (Å²) in [6, 6.07) is 0. The van der Waals surface area contributed by atoms with E-state index in [1.54, 1.807) is 0 Å². The van der Waals surface area contributed by atoms with E-state index in [9.17, 15) is 10.2 Å². The van der Waals surface area contributed by atoms with E-state index in [2.05, 4.69) is 109 Å². The molecule has 16 heterocycles. The van der Waals surface area contributed by atoms with Crippen LogP contribution in [0.2, 0.25) is 0 Å². The maximum atomic E-state index is 10.1. The van der Waals surface area contributed by atoms with Gasteiger partial charge in [0.05, 0.1) is 123 Å². The van der Waals surface area contributed by atoms with Crippen LogP contribution in [0.4, 0.5) is 0 Å². The first-order valence-electron chi connectivity index (χ1n) is 40.4. The van der Waals surface area contributed by atoms with Gasteiger partial charge in [0.1, 0.15) is 36.6 Å². The molecule has 0 aromatic heterocycles. The largest absolute Gasteiger partial charge is 0.394 e. The first-order valence-corrected chi connectivity index (χ1v) is 40.4. The minimum absolute atomic E-state index is 0. The average Bonchev–Trinajstić information content (AvgIpc) is 1.56. The average molecular weight is 1470 g/mol. The van der Waals surface area contributed by atoms with Crippen LogP contribution in [-0.4, -0.2) is 193 Å². The minimum Gasteiger partial charge on any atom is -0.394 e. The molecule has 16 rings (SSSR count). The molecule has 2 N–H and O–H groups in total. The minimum atomic E-state index is -0.747. The van der Waals surface area contributed by atoms with Gasteiger partial charge in [-0.1, -0.05) is 134 Å². The Morgan fingerprint density at radius 3 is 1.24 bits per heavy atom. The second kappa shape index (κ2) is 36.8. The van der Waals surface area contributed by atoms with Crippen molar-refractivity contribution in [2.24, 2.45) is 53.3 Å². The topological polar surface area (TPSA) is 238 Å². The lowest BCUT2D eigenvalue weighted by Gasteiger charge is -2.42. The van der Waals surface area contributed by atoms with Gasteiger partial charge in [-0.3, -0.25) is 0 Å². The molecule has 16 aliphatic heterocycles. The normalized spacial score (nSPS) is 46.4. The van der Waals surface area contributed by atoms with Crippen molar-refractivity contribution < 1.29 is 95.7 Å². The van der Waals surface area contributed by atoms with Gasteiger partial charge >= 0.3 is 12.3 Å². The molecule has 105 heavy (non-hydrogen) atoms. The molecule has 0 amide bonds. The maximum Gasteiger partial charge on any atom is 0.373 e. The lowest BCUT2D eigenvalue weighted by molar-refractivity contribution is -0.263. The fraction of sp³-hybridized carbons (Fsp3) is 0.835. The van der Waals surface area contributed by atoms with E-state index in [1.165, 1.54) is 23.1 Å². The van der Waals surface area contributed by atoms with E-state index >= 15 is 0 Å². The molecule has 0 radical (unpaired) electrons. The molecule has 16 aliphatic rings. The van der Waals surface area contributed by atoms with Crippen molar-refractivity contribution in [2.75, 3.05) is 6.61 Å². The van der Waals surface area contributed by atoms with Crippen LogP contribution in [0.15, 0.2) is 73.9 Å². The van der Waals surface area contributed by atoms with E-state index in [0.29, 0.717) is 54.0 Å².